The van der Waals surface area contributed by atoms with Crippen molar-refractivity contribution < 1.29 is 9.53 Å². The fraction of sp³-hybridized carbons (Fsp3) is 0.417. The van der Waals surface area contributed by atoms with Gasteiger partial charge >= 0.3 is 0 Å². The van der Waals surface area contributed by atoms with Gasteiger partial charge in [-0.1, -0.05) is 29.8 Å². The first-order valence-electron chi connectivity index (χ1n) is 5.11. The first kappa shape index (κ1) is 10.7. The maximum absolute atomic E-state index is 11.8. The van der Waals surface area contributed by atoms with Crippen molar-refractivity contribution in [2.24, 2.45) is 5.92 Å². The zero-order valence-electron chi connectivity index (χ0n) is 8.41. The lowest BCUT2D eigenvalue weighted by molar-refractivity contribution is -0.122. The topological polar surface area (TPSA) is 26.3 Å². The fourth-order valence-corrected chi connectivity index (χ4v) is 1.96. The Morgan fingerprint density at radius 1 is 1.47 bits per heavy atom. The number of halogens is 1. The Balaban J connectivity index is 2.02. The van der Waals surface area contributed by atoms with E-state index < -0.39 is 0 Å². The molecule has 2 rings (SSSR count). The fourth-order valence-electron chi connectivity index (χ4n) is 1.76. The summed E-state index contributed by atoms with van der Waals surface area (Å²) in [7, 11) is 0. The molecule has 15 heavy (non-hydrogen) atoms. The van der Waals surface area contributed by atoms with Crippen molar-refractivity contribution in [1.82, 2.24) is 0 Å². The molecule has 3 heteroatoms. The SMILES string of the molecule is O=C(Cc1ccccc1Cl)C1CCOC1. The standard InChI is InChI=1S/C12H13ClO2/c13-11-4-2-1-3-9(11)7-12(14)10-5-6-15-8-10/h1-4,10H,5-8H2. The van der Waals surface area contributed by atoms with Crippen molar-refractivity contribution in [3.05, 3.63) is 34.9 Å². The number of hydrogen-bond acceptors (Lipinski definition) is 2. The van der Waals surface area contributed by atoms with Crippen molar-refractivity contribution in [2.45, 2.75) is 12.8 Å². The van der Waals surface area contributed by atoms with Crippen LogP contribution in [-0.2, 0) is 16.0 Å². The third-order valence-corrected chi connectivity index (χ3v) is 3.08. The van der Waals surface area contributed by atoms with Crippen molar-refractivity contribution in [1.29, 1.82) is 0 Å². The second kappa shape index (κ2) is 4.77. The maximum atomic E-state index is 11.8. The van der Waals surface area contributed by atoms with Gasteiger partial charge in [-0.05, 0) is 18.1 Å². The van der Waals surface area contributed by atoms with Crippen LogP contribution in [0, 0.1) is 5.92 Å². The molecule has 0 spiro atoms. The van der Waals surface area contributed by atoms with Crippen LogP contribution >= 0.6 is 11.6 Å². The van der Waals surface area contributed by atoms with Crippen LogP contribution in [-0.4, -0.2) is 19.0 Å². The molecule has 1 aromatic rings. The highest BCUT2D eigenvalue weighted by molar-refractivity contribution is 6.31. The van der Waals surface area contributed by atoms with Crippen LogP contribution in [0.2, 0.25) is 5.02 Å². The van der Waals surface area contributed by atoms with Gasteiger partial charge in [0.2, 0.25) is 0 Å². The monoisotopic (exact) mass is 224 g/mol. The third kappa shape index (κ3) is 2.58. The van der Waals surface area contributed by atoms with E-state index in [9.17, 15) is 4.79 Å². The lowest BCUT2D eigenvalue weighted by atomic mass is 9.97. The molecule has 0 N–H and O–H groups in total. The van der Waals surface area contributed by atoms with E-state index in [1.165, 1.54) is 0 Å². The second-order valence-corrected chi connectivity index (χ2v) is 4.20. The van der Waals surface area contributed by atoms with Gasteiger partial charge in [-0.3, -0.25) is 4.79 Å². The van der Waals surface area contributed by atoms with E-state index in [0.29, 0.717) is 24.7 Å². The van der Waals surface area contributed by atoms with Gasteiger partial charge in [0.25, 0.3) is 0 Å². The van der Waals surface area contributed by atoms with Crippen molar-refractivity contribution in [3.8, 4) is 0 Å². The number of carbonyl (C=O) groups is 1. The van der Waals surface area contributed by atoms with Crippen LogP contribution in [0.15, 0.2) is 24.3 Å². The van der Waals surface area contributed by atoms with Crippen LogP contribution < -0.4 is 0 Å². The zero-order chi connectivity index (χ0) is 10.7. The van der Waals surface area contributed by atoms with Gasteiger partial charge < -0.3 is 4.74 Å². The van der Waals surface area contributed by atoms with Crippen molar-refractivity contribution >= 4 is 17.4 Å². The smallest absolute Gasteiger partial charge is 0.142 e. The molecule has 1 aliphatic rings. The zero-order valence-corrected chi connectivity index (χ0v) is 9.17. The quantitative estimate of drug-likeness (QED) is 0.789. The van der Waals surface area contributed by atoms with E-state index in [4.69, 9.17) is 16.3 Å². The van der Waals surface area contributed by atoms with E-state index in [2.05, 4.69) is 0 Å². The number of ketones is 1. The van der Waals surface area contributed by atoms with Crippen LogP contribution in [0.5, 0.6) is 0 Å². The normalized spacial score (nSPS) is 20.5. The van der Waals surface area contributed by atoms with Gasteiger partial charge in [0.1, 0.15) is 5.78 Å². The largest absolute Gasteiger partial charge is 0.381 e. The minimum atomic E-state index is 0.0706. The van der Waals surface area contributed by atoms with Gasteiger partial charge in [0.15, 0.2) is 0 Å². The molecule has 0 saturated carbocycles. The first-order valence-corrected chi connectivity index (χ1v) is 5.49. The minimum absolute atomic E-state index is 0.0706. The summed E-state index contributed by atoms with van der Waals surface area (Å²) in [5.74, 6) is 0.307. The highest BCUT2D eigenvalue weighted by Crippen LogP contribution is 2.20. The molecule has 1 aliphatic heterocycles. The van der Waals surface area contributed by atoms with E-state index in [0.717, 1.165) is 12.0 Å². The number of carbonyl (C=O) groups excluding carboxylic acids is 1. The summed E-state index contributed by atoms with van der Waals surface area (Å²) in [6.07, 6.45) is 1.27. The van der Waals surface area contributed by atoms with Crippen LogP contribution in [0.1, 0.15) is 12.0 Å². The molecule has 2 nitrogen and oxygen atoms in total. The van der Waals surface area contributed by atoms with Gasteiger partial charge in [-0.15, -0.1) is 0 Å². The molecule has 0 aliphatic carbocycles. The number of benzene rings is 1. The Morgan fingerprint density at radius 2 is 2.27 bits per heavy atom. The summed E-state index contributed by atoms with van der Waals surface area (Å²) in [6.45, 7) is 1.28. The predicted molar refractivity (Wildman–Crippen MR) is 59.1 cm³/mol. The number of Topliss-reactive ketones (excluding diaryl/α,β-unsaturated/α-hetero) is 1. The highest BCUT2D eigenvalue weighted by Gasteiger charge is 2.23. The minimum Gasteiger partial charge on any atom is -0.381 e. The Bertz CT molecular complexity index is 356. The predicted octanol–water partition coefficient (Wildman–Crippen LogP) is 2.49. The van der Waals surface area contributed by atoms with Gasteiger partial charge in [-0.25, -0.2) is 0 Å². The molecule has 1 saturated heterocycles. The summed E-state index contributed by atoms with van der Waals surface area (Å²) < 4.78 is 5.19. The maximum Gasteiger partial charge on any atom is 0.142 e. The van der Waals surface area contributed by atoms with Crippen molar-refractivity contribution in [2.75, 3.05) is 13.2 Å². The summed E-state index contributed by atoms with van der Waals surface area (Å²) in [6, 6.07) is 7.49. The highest BCUT2D eigenvalue weighted by atomic mass is 35.5. The number of rotatable bonds is 3. The molecule has 0 bridgehead atoms. The Kier molecular flexibility index (Phi) is 3.39. The lowest BCUT2D eigenvalue weighted by Gasteiger charge is -2.07. The molecule has 1 unspecified atom stereocenters. The van der Waals surface area contributed by atoms with E-state index in [1.54, 1.807) is 0 Å². The Morgan fingerprint density at radius 3 is 2.93 bits per heavy atom. The van der Waals surface area contributed by atoms with E-state index >= 15 is 0 Å². The summed E-state index contributed by atoms with van der Waals surface area (Å²) >= 11 is 5.99. The number of hydrogen-bond donors (Lipinski definition) is 0. The molecule has 1 fully saturated rings. The van der Waals surface area contributed by atoms with Gasteiger partial charge in [-0.2, -0.15) is 0 Å². The van der Waals surface area contributed by atoms with Gasteiger partial charge in [0.05, 0.1) is 6.61 Å². The molecule has 0 radical (unpaired) electrons. The first-order chi connectivity index (χ1) is 7.27. The molecular weight excluding hydrogens is 212 g/mol. The Labute approximate surface area is 94.2 Å². The third-order valence-electron chi connectivity index (χ3n) is 2.71. The molecule has 0 amide bonds. The van der Waals surface area contributed by atoms with E-state index in [1.807, 2.05) is 24.3 Å². The summed E-state index contributed by atoms with van der Waals surface area (Å²) in [5, 5.41) is 0.671. The number of ether oxygens (including phenoxy) is 1. The second-order valence-electron chi connectivity index (χ2n) is 3.80. The van der Waals surface area contributed by atoms with E-state index in [-0.39, 0.29) is 11.7 Å². The average molecular weight is 225 g/mol. The molecule has 0 aromatic heterocycles. The molecular formula is C12H13ClO2. The molecule has 1 atom stereocenters. The van der Waals surface area contributed by atoms with Crippen molar-refractivity contribution in [3.63, 3.8) is 0 Å². The molecule has 1 aromatic carbocycles. The molecule has 80 valence electrons. The Hall–Kier alpha value is -0.860. The summed E-state index contributed by atoms with van der Waals surface area (Å²) in [5.41, 5.74) is 0.913. The van der Waals surface area contributed by atoms with Gasteiger partial charge in [0, 0.05) is 24.0 Å². The molecule has 1 heterocycles. The van der Waals surface area contributed by atoms with Crippen LogP contribution in [0.25, 0.3) is 0 Å². The average Bonchev–Trinajstić information content (AvgIpc) is 2.74. The van der Waals surface area contributed by atoms with Crippen LogP contribution in [0.3, 0.4) is 0 Å². The summed E-state index contributed by atoms with van der Waals surface area (Å²) in [4.78, 5) is 11.8. The van der Waals surface area contributed by atoms with Crippen LogP contribution in [0.4, 0.5) is 0 Å². The lowest BCUT2D eigenvalue weighted by Crippen LogP contribution is -2.16.